The molecule has 0 radical (unpaired) electrons. The summed E-state index contributed by atoms with van der Waals surface area (Å²) in [6.45, 7) is 0. The van der Waals surface area contributed by atoms with Crippen LogP contribution in [0.3, 0.4) is 0 Å². The molecule has 0 saturated heterocycles. The number of benzene rings is 1. The van der Waals surface area contributed by atoms with Crippen LogP contribution in [0.25, 0.3) is 0 Å². The molecule has 100 valence electrons. The van der Waals surface area contributed by atoms with E-state index < -0.39 is 17.8 Å². The Morgan fingerprint density at radius 1 is 1.32 bits per heavy atom. The van der Waals surface area contributed by atoms with Gasteiger partial charge in [-0.05, 0) is 47.2 Å². The zero-order chi connectivity index (χ0) is 14.0. The van der Waals surface area contributed by atoms with E-state index in [2.05, 4.69) is 5.32 Å². The number of rotatable bonds is 3. The largest absolute Gasteiger partial charge is 0.507 e. The first-order valence-corrected chi connectivity index (χ1v) is 6.76. The molecule has 1 amide bonds. The zero-order valence-electron chi connectivity index (χ0n) is 9.84. The van der Waals surface area contributed by atoms with Gasteiger partial charge in [-0.2, -0.15) is 0 Å². The number of hydrogen-bond acceptors (Lipinski definition) is 3. The zero-order valence-corrected chi connectivity index (χ0v) is 12.0. The van der Waals surface area contributed by atoms with Crippen LogP contribution >= 0.6 is 22.6 Å². The predicted octanol–water partition coefficient (Wildman–Crippen LogP) is 1.76. The topological polar surface area (TPSA) is 86.6 Å². The number of carboxylic acid groups (broad SMARTS) is 1. The average Bonchev–Trinajstić information content (AvgIpc) is 2.80. The van der Waals surface area contributed by atoms with E-state index in [1.54, 1.807) is 24.3 Å². The molecule has 2 rings (SSSR count). The summed E-state index contributed by atoms with van der Waals surface area (Å²) in [6, 6.07) is 4.42. The number of phenolic OH excluding ortho intramolecular Hbond substituents is 1. The molecule has 6 heteroatoms. The van der Waals surface area contributed by atoms with Gasteiger partial charge in [0.1, 0.15) is 5.75 Å². The Hall–Kier alpha value is -1.57. The van der Waals surface area contributed by atoms with Crippen LogP contribution in [0.5, 0.6) is 5.75 Å². The Balaban J connectivity index is 2.05. The van der Waals surface area contributed by atoms with Gasteiger partial charge in [-0.3, -0.25) is 9.59 Å². The monoisotopic (exact) mass is 373 g/mol. The van der Waals surface area contributed by atoms with E-state index in [1.165, 1.54) is 6.07 Å². The summed E-state index contributed by atoms with van der Waals surface area (Å²) < 4.78 is 0.839. The van der Waals surface area contributed by atoms with E-state index in [0.717, 1.165) is 3.57 Å². The number of nitrogens with one attached hydrogen (secondary N) is 1. The normalized spacial score (nSPS) is 21.3. The highest BCUT2D eigenvalue weighted by molar-refractivity contribution is 14.1. The van der Waals surface area contributed by atoms with Gasteiger partial charge >= 0.3 is 5.97 Å². The van der Waals surface area contributed by atoms with Crippen molar-refractivity contribution in [3.8, 4) is 5.75 Å². The minimum Gasteiger partial charge on any atom is -0.507 e. The fourth-order valence-electron chi connectivity index (χ4n) is 1.93. The molecule has 2 atom stereocenters. The Morgan fingerprint density at radius 2 is 2.05 bits per heavy atom. The first-order chi connectivity index (χ1) is 8.97. The van der Waals surface area contributed by atoms with Gasteiger partial charge in [-0.1, -0.05) is 12.2 Å². The van der Waals surface area contributed by atoms with E-state index in [1.807, 2.05) is 22.6 Å². The lowest BCUT2D eigenvalue weighted by Gasteiger charge is -2.13. The third-order valence-corrected chi connectivity index (χ3v) is 3.59. The molecule has 19 heavy (non-hydrogen) atoms. The van der Waals surface area contributed by atoms with Crippen LogP contribution in [0.15, 0.2) is 30.4 Å². The molecular weight excluding hydrogens is 361 g/mol. The summed E-state index contributed by atoms with van der Waals surface area (Å²) in [5, 5.41) is 21.2. The van der Waals surface area contributed by atoms with E-state index in [-0.39, 0.29) is 17.4 Å². The Labute approximate surface area is 123 Å². The van der Waals surface area contributed by atoms with Crippen molar-refractivity contribution >= 4 is 34.5 Å². The van der Waals surface area contributed by atoms with Crippen LogP contribution < -0.4 is 5.32 Å². The Kier molecular flexibility index (Phi) is 4.08. The van der Waals surface area contributed by atoms with Crippen molar-refractivity contribution < 1.29 is 19.8 Å². The predicted molar refractivity (Wildman–Crippen MR) is 77.0 cm³/mol. The molecule has 0 aromatic heterocycles. The van der Waals surface area contributed by atoms with E-state index in [0.29, 0.717) is 6.42 Å². The number of carbonyl (C=O) groups excluding carboxylic acids is 1. The van der Waals surface area contributed by atoms with Gasteiger partial charge in [-0.15, -0.1) is 0 Å². The van der Waals surface area contributed by atoms with Gasteiger partial charge in [0, 0.05) is 9.61 Å². The number of aliphatic carboxylic acids is 1. The minimum absolute atomic E-state index is 0.0883. The lowest BCUT2D eigenvalue weighted by Crippen LogP contribution is -2.33. The van der Waals surface area contributed by atoms with Crippen molar-refractivity contribution in [2.24, 2.45) is 5.92 Å². The summed E-state index contributed by atoms with van der Waals surface area (Å²) in [4.78, 5) is 22.8. The van der Waals surface area contributed by atoms with Crippen LogP contribution in [-0.4, -0.2) is 28.1 Å². The fourth-order valence-corrected chi connectivity index (χ4v) is 2.42. The smallest absolute Gasteiger partial charge is 0.310 e. The number of aromatic hydroxyl groups is 1. The Bertz CT molecular complexity index is 556. The van der Waals surface area contributed by atoms with Gasteiger partial charge in [0.05, 0.1) is 11.5 Å². The molecule has 0 heterocycles. The molecule has 1 aromatic rings. The first kappa shape index (κ1) is 13.9. The van der Waals surface area contributed by atoms with Gasteiger partial charge in [0.15, 0.2) is 0 Å². The average molecular weight is 373 g/mol. The molecule has 0 fully saturated rings. The number of carboxylic acids is 1. The molecule has 0 saturated carbocycles. The van der Waals surface area contributed by atoms with Gasteiger partial charge in [0.25, 0.3) is 5.91 Å². The van der Waals surface area contributed by atoms with Crippen molar-refractivity contribution in [3.05, 3.63) is 39.5 Å². The molecule has 1 aromatic carbocycles. The van der Waals surface area contributed by atoms with Crippen molar-refractivity contribution in [2.75, 3.05) is 0 Å². The summed E-state index contributed by atoms with van der Waals surface area (Å²) >= 11 is 2.05. The molecule has 3 N–H and O–H groups in total. The molecule has 5 nitrogen and oxygen atoms in total. The van der Waals surface area contributed by atoms with Crippen molar-refractivity contribution in [1.82, 2.24) is 5.32 Å². The number of amides is 1. The second-order valence-electron chi connectivity index (χ2n) is 4.31. The number of halogens is 1. The van der Waals surface area contributed by atoms with Crippen molar-refractivity contribution in [1.29, 1.82) is 0 Å². The first-order valence-electron chi connectivity index (χ1n) is 5.68. The highest BCUT2D eigenvalue weighted by Gasteiger charge is 2.26. The number of phenols is 1. The van der Waals surface area contributed by atoms with E-state index in [4.69, 9.17) is 5.11 Å². The third-order valence-electron chi connectivity index (χ3n) is 2.92. The number of hydrogen-bond donors (Lipinski definition) is 3. The van der Waals surface area contributed by atoms with Crippen LogP contribution in [0.1, 0.15) is 16.8 Å². The maximum absolute atomic E-state index is 12.0. The molecule has 1 aliphatic rings. The van der Waals surface area contributed by atoms with E-state index >= 15 is 0 Å². The van der Waals surface area contributed by atoms with Gasteiger partial charge < -0.3 is 15.5 Å². The Morgan fingerprint density at radius 3 is 2.68 bits per heavy atom. The molecule has 2 unspecified atom stereocenters. The van der Waals surface area contributed by atoms with Gasteiger partial charge in [0.2, 0.25) is 0 Å². The lowest BCUT2D eigenvalue weighted by molar-refractivity contribution is -0.140. The highest BCUT2D eigenvalue weighted by atomic mass is 127. The third kappa shape index (κ3) is 3.25. The van der Waals surface area contributed by atoms with E-state index in [9.17, 15) is 14.7 Å². The summed E-state index contributed by atoms with van der Waals surface area (Å²) in [5.41, 5.74) is 0.194. The standard InChI is InChI=1S/C13H12INO4/c14-8-2-4-11(16)10(6-8)12(17)15-9-3-1-7(5-9)13(18)19/h1-4,6-7,9,16H,5H2,(H,15,17)(H,18,19). The van der Waals surface area contributed by atoms with Gasteiger partial charge in [-0.25, -0.2) is 0 Å². The summed E-state index contributed by atoms with van der Waals surface area (Å²) in [7, 11) is 0. The van der Waals surface area contributed by atoms with Crippen LogP contribution in [0.2, 0.25) is 0 Å². The maximum atomic E-state index is 12.0. The molecule has 1 aliphatic carbocycles. The van der Waals surface area contributed by atoms with Crippen molar-refractivity contribution in [2.45, 2.75) is 12.5 Å². The van der Waals surface area contributed by atoms with Crippen LogP contribution in [-0.2, 0) is 4.79 Å². The molecular formula is C13H12INO4. The SMILES string of the molecule is O=C(NC1C=CC(C(=O)O)C1)c1cc(I)ccc1O. The molecule has 0 aliphatic heterocycles. The molecule has 0 spiro atoms. The second kappa shape index (κ2) is 5.60. The minimum atomic E-state index is -0.898. The van der Waals surface area contributed by atoms with Crippen LogP contribution in [0.4, 0.5) is 0 Å². The summed E-state index contributed by atoms with van der Waals surface area (Å²) in [5.74, 6) is -1.95. The molecule has 0 bridgehead atoms. The quantitative estimate of drug-likeness (QED) is 0.557. The highest BCUT2D eigenvalue weighted by Crippen LogP contribution is 2.22. The second-order valence-corrected chi connectivity index (χ2v) is 5.55. The number of carbonyl (C=O) groups is 2. The lowest BCUT2D eigenvalue weighted by atomic mass is 10.1. The summed E-state index contributed by atoms with van der Waals surface area (Å²) in [6.07, 6.45) is 3.58. The fraction of sp³-hybridized carbons (Fsp3) is 0.231. The maximum Gasteiger partial charge on any atom is 0.310 e. The van der Waals surface area contributed by atoms with Crippen LogP contribution in [0, 0.1) is 9.49 Å². The van der Waals surface area contributed by atoms with Crippen molar-refractivity contribution in [3.63, 3.8) is 0 Å².